The number of carbonyl (C=O) groups excluding carboxylic acids is 1. The number of amides is 1. The Bertz CT molecular complexity index is 970. The van der Waals surface area contributed by atoms with Gasteiger partial charge in [0.25, 0.3) is 0 Å². The number of hydrogen-bond acceptors (Lipinski definition) is 4. The lowest BCUT2D eigenvalue weighted by Gasteiger charge is -2.15. The number of rotatable bonds is 8. The van der Waals surface area contributed by atoms with Crippen LogP contribution in [0.2, 0.25) is 0 Å². The molecule has 2 aromatic carbocycles. The number of carbonyl (C=O) groups is 1. The Morgan fingerprint density at radius 3 is 2.59 bits per heavy atom. The van der Waals surface area contributed by atoms with Crippen molar-refractivity contribution in [3.8, 4) is 11.5 Å². The maximum Gasteiger partial charge on any atom is 0.226 e. The Labute approximate surface area is 169 Å². The van der Waals surface area contributed by atoms with Crippen LogP contribution in [-0.2, 0) is 11.3 Å². The highest BCUT2D eigenvalue weighted by Gasteiger charge is 2.15. The molecule has 0 spiro atoms. The van der Waals surface area contributed by atoms with Gasteiger partial charge in [0.05, 0.1) is 27.0 Å². The fourth-order valence-corrected chi connectivity index (χ4v) is 3.19. The number of aromatic nitrogens is 2. The van der Waals surface area contributed by atoms with Gasteiger partial charge < -0.3 is 14.8 Å². The van der Waals surface area contributed by atoms with Gasteiger partial charge in [-0.25, -0.2) is 9.07 Å². The fourth-order valence-electron chi connectivity index (χ4n) is 3.19. The molecule has 0 saturated heterocycles. The largest absolute Gasteiger partial charge is 0.493 e. The minimum atomic E-state index is -0.290. The molecular weight excluding hydrogens is 373 g/mol. The van der Waals surface area contributed by atoms with Crippen molar-refractivity contribution in [3.05, 3.63) is 71.7 Å². The first-order valence-corrected chi connectivity index (χ1v) is 9.28. The number of anilines is 1. The molecule has 0 aliphatic heterocycles. The monoisotopic (exact) mass is 397 g/mol. The Morgan fingerprint density at radius 1 is 1.14 bits per heavy atom. The molecule has 7 heteroatoms. The molecule has 1 N–H and O–H groups in total. The van der Waals surface area contributed by atoms with E-state index in [9.17, 15) is 9.18 Å². The zero-order chi connectivity index (χ0) is 20.8. The molecule has 0 fully saturated rings. The minimum Gasteiger partial charge on any atom is -0.493 e. The van der Waals surface area contributed by atoms with Gasteiger partial charge in [-0.1, -0.05) is 31.2 Å². The van der Waals surface area contributed by atoms with E-state index >= 15 is 0 Å². The molecular formula is C22H24FN3O3. The lowest BCUT2D eigenvalue weighted by molar-refractivity contribution is -0.116. The van der Waals surface area contributed by atoms with E-state index in [1.807, 2.05) is 25.1 Å². The van der Waals surface area contributed by atoms with Gasteiger partial charge in [-0.05, 0) is 29.7 Å². The summed E-state index contributed by atoms with van der Waals surface area (Å²) in [5.74, 6) is 1.39. The van der Waals surface area contributed by atoms with Crippen LogP contribution in [0, 0.1) is 5.82 Å². The molecule has 0 aliphatic rings. The van der Waals surface area contributed by atoms with Crippen molar-refractivity contribution in [1.29, 1.82) is 0 Å². The summed E-state index contributed by atoms with van der Waals surface area (Å²) in [5.41, 5.74) is 1.79. The summed E-state index contributed by atoms with van der Waals surface area (Å²) in [6.07, 6.45) is 1.91. The first-order valence-electron chi connectivity index (χ1n) is 9.28. The Kier molecular flexibility index (Phi) is 6.49. The molecule has 29 heavy (non-hydrogen) atoms. The second-order valence-electron chi connectivity index (χ2n) is 6.73. The molecule has 0 aliphatic carbocycles. The van der Waals surface area contributed by atoms with Crippen LogP contribution in [0.1, 0.15) is 30.4 Å². The zero-order valence-corrected chi connectivity index (χ0v) is 16.7. The average Bonchev–Trinajstić information content (AvgIpc) is 3.14. The maximum atomic E-state index is 13.1. The summed E-state index contributed by atoms with van der Waals surface area (Å²) in [4.78, 5) is 12.5. The van der Waals surface area contributed by atoms with Crippen molar-refractivity contribution in [2.45, 2.75) is 25.8 Å². The zero-order valence-electron chi connectivity index (χ0n) is 16.7. The third-order valence-corrected chi connectivity index (χ3v) is 4.72. The number of para-hydroxylation sites is 1. The quantitative estimate of drug-likeness (QED) is 0.618. The van der Waals surface area contributed by atoms with Crippen LogP contribution in [-0.4, -0.2) is 29.9 Å². The summed E-state index contributed by atoms with van der Waals surface area (Å²) in [6, 6.07) is 13.6. The molecule has 0 bridgehead atoms. The molecule has 3 rings (SSSR count). The Hall–Kier alpha value is -3.35. The van der Waals surface area contributed by atoms with E-state index in [-0.39, 0.29) is 24.1 Å². The first kappa shape index (κ1) is 20.4. The van der Waals surface area contributed by atoms with Gasteiger partial charge in [-0.15, -0.1) is 0 Å². The number of hydrogen-bond donors (Lipinski definition) is 1. The fraction of sp³-hybridized carbons (Fsp3) is 0.273. The van der Waals surface area contributed by atoms with Crippen molar-refractivity contribution in [1.82, 2.24) is 9.78 Å². The number of methoxy groups -OCH3 is 2. The van der Waals surface area contributed by atoms with E-state index in [4.69, 9.17) is 9.47 Å². The van der Waals surface area contributed by atoms with Crippen LogP contribution >= 0.6 is 0 Å². The third kappa shape index (κ3) is 4.93. The highest BCUT2D eigenvalue weighted by molar-refractivity contribution is 5.90. The standard InChI is InChI=1S/C22H24FN3O3/c1-15(16-7-9-18(23)10-8-16)13-21(27)25-20-11-12-24-26(20)14-17-5-4-6-19(28-2)22(17)29-3/h4-12,15H,13-14H2,1-3H3,(H,25,27). The SMILES string of the molecule is COc1cccc(Cn2nccc2NC(=O)CC(C)c2ccc(F)cc2)c1OC. The van der Waals surface area contributed by atoms with Gasteiger partial charge in [0.1, 0.15) is 11.6 Å². The van der Waals surface area contributed by atoms with Crippen molar-refractivity contribution >= 4 is 11.7 Å². The van der Waals surface area contributed by atoms with Crippen molar-refractivity contribution in [3.63, 3.8) is 0 Å². The molecule has 0 radical (unpaired) electrons. The number of benzene rings is 2. The van der Waals surface area contributed by atoms with Crippen molar-refractivity contribution in [2.75, 3.05) is 19.5 Å². The van der Waals surface area contributed by atoms with Gasteiger partial charge in [-0.3, -0.25) is 4.79 Å². The van der Waals surface area contributed by atoms with Gasteiger partial charge in [0.15, 0.2) is 11.5 Å². The molecule has 0 saturated carbocycles. The van der Waals surface area contributed by atoms with E-state index < -0.39 is 0 Å². The van der Waals surface area contributed by atoms with Crippen LogP contribution in [0.15, 0.2) is 54.7 Å². The molecule has 1 heterocycles. The van der Waals surface area contributed by atoms with E-state index in [2.05, 4.69) is 10.4 Å². The average molecular weight is 397 g/mol. The van der Waals surface area contributed by atoms with E-state index in [1.165, 1.54) is 12.1 Å². The van der Waals surface area contributed by atoms with E-state index in [1.54, 1.807) is 43.3 Å². The molecule has 152 valence electrons. The van der Waals surface area contributed by atoms with E-state index in [0.29, 0.717) is 23.9 Å². The molecule has 3 aromatic rings. The molecule has 1 amide bonds. The number of nitrogens with one attached hydrogen (secondary N) is 1. The minimum absolute atomic E-state index is 0.0366. The molecule has 1 unspecified atom stereocenters. The number of ether oxygens (including phenoxy) is 2. The van der Waals surface area contributed by atoms with Crippen molar-refractivity contribution in [2.24, 2.45) is 0 Å². The van der Waals surface area contributed by atoms with Crippen LogP contribution < -0.4 is 14.8 Å². The van der Waals surface area contributed by atoms with Gasteiger partial charge in [-0.2, -0.15) is 5.10 Å². The normalized spacial score (nSPS) is 11.7. The second kappa shape index (κ2) is 9.23. The van der Waals surface area contributed by atoms with Gasteiger partial charge >= 0.3 is 0 Å². The summed E-state index contributed by atoms with van der Waals surface area (Å²) in [7, 11) is 3.17. The summed E-state index contributed by atoms with van der Waals surface area (Å²) in [5, 5.41) is 7.21. The smallest absolute Gasteiger partial charge is 0.226 e. The Balaban J connectivity index is 1.69. The molecule has 1 atom stereocenters. The Morgan fingerprint density at radius 2 is 1.90 bits per heavy atom. The van der Waals surface area contributed by atoms with Gasteiger partial charge in [0, 0.05) is 18.1 Å². The number of halogens is 1. The summed E-state index contributed by atoms with van der Waals surface area (Å²) >= 11 is 0. The predicted octanol–water partition coefficient (Wildman–Crippen LogP) is 4.22. The van der Waals surface area contributed by atoms with Crippen LogP contribution in [0.4, 0.5) is 10.2 Å². The second-order valence-corrected chi connectivity index (χ2v) is 6.73. The highest BCUT2D eigenvalue weighted by Crippen LogP contribution is 2.31. The van der Waals surface area contributed by atoms with E-state index in [0.717, 1.165) is 11.1 Å². The maximum absolute atomic E-state index is 13.1. The van der Waals surface area contributed by atoms with Crippen LogP contribution in [0.5, 0.6) is 11.5 Å². The van der Waals surface area contributed by atoms with Gasteiger partial charge in [0.2, 0.25) is 5.91 Å². The lowest BCUT2D eigenvalue weighted by atomic mass is 9.97. The van der Waals surface area contributed by atoms with Crippen LogP contribution in [0.25, 0.3) is 0 Å². The van der Waals surface area contributed by atoms with Crippen molar-refractivity contribution < 1.29 is 18.7 Å². The molecule has 1 aromatic heterocycles. The highest BCUT2D eigenvalue weighted by atomic mass is 19.1. The predicted molar refractivity (Wildman–Crippen MR) is 109 cm³/mol. The first-order chi connectivity index (χ1) is 14.0. The van der Waals surface area contributed by atoms with Crippen LogP contribution in [0.3, 0.4) is 0 Å². The third-order valence-electron chi connectivity index (χ3n) is 4.72. The topological polar surface area (TPSA) is 65.4 Å². The molecule has 6 nitrogen and oxygen atoms in total. The lowest BCUT2D eigenvalue weighted by Crippen LogP contribution is -2.18. The summed E-state index contributed by atoms with van der Waals surface area (Å²) < 4.78 is 25.6. The number of nitrogens with zero attached hydrogens (tertiary/aromatic N) is 2. The summed E-state index contributed by atoms with van der Waals surface area (Å²) in [6.45, 7) is 2.35.